The molecule has 32 heavy (non-hydrogen) atoms. The predicted octanol–water partition coefficient (Wildman–Crippen LogP) is 3.66. The molecule has 3 rings (SSSR count). The molecule has 1 saturated heterocycles. The molecule has 0 unspecified atom stereocenters. The lowest BCUT2D eigenvalue weighted by molar-refractivity contribution is -0.131. The first-order valence-electron chi connectivity index (χ1n) is 11.0. The first kappa shape index (κ1) is 23.5. The second-order valence-corrected chi connectivity index (χ2v) is 7.94. The van der Waals surface area contributed by atoms with Gasteiger partial charge in [-0.2, -0.15) is 0 Å². The lowest BCUT2D eigenvalue weighted by Gasteiger charge is -2.36. The van der Waals surface area contributed by atoms with Gasteiger partial charge in [0.05, 0.1) is 6.61 Å². The Hall–Kier alpha value is -3.13. The van der Waals surface area contributed by atoms with Crippen LogP contribution in [-0.4, -0.2) is 54.6 Å². The Morgan fingerprint density at radius 2 is 1.75 bits per heavy atom. The van der Waals surface area contributed by atoms with Crippen molar-refractivity contribution in [3.8, 4) is 5.75 Å². The van der Waals surface area contributed by atoms with Crippen LogP contribution in [0.5, 0.6) is 5.75 Å². The van der Waals surface area contributed by atoms with Crippen molar-refractivity contribution < 1.29 is 14.3 Å². The van der Waals surface area contributed by atoms with Crippen LogP contribution in [0.1, 0.15) is 37.0 Å². The molecule has 0 saturated carbocycles. The number of piperazine rings is 1. The maximum atomic E-state index is 12.4. The Balaban J connectivity index is 1.50. The fourth-order valence-corrected chi connectivity index (χ4v) is 3.78. The minimum atomic E-state index is -0.295. The van der Waals surface area contributed by atoms with Crippen LogP contribution >= 0.6 is 12.2 Å². The molecule has 1 aliphatic rings. The molecule has 2 amide bonds. The number of ether oxygens (including phenoxy) is 1. The van der Waals surface area contributed by atoms with Crippen LogP contribution in [0.2, 0.25) is 0 Å². The summed E-state index contributed by atoms with van der Waals surface area (Å²) in [5, 5.41) is 5.97. The Morgan fingerprint density at radius 3 is 2.41 bits per heavy atom. The molecule has 1 heterocycles. The molecule has 0 radical (unpaired) electrons. The maximum absolute atomic E-state index is 12.4. The van der Waals surface area contributed by atoms with Crippen molar-refractivity contribution >= 4 is 40.5 Å². The quantitative estimate of drug-likeness (QED) is 0.622. The monoisotopic (exact) mass is 454 g/mol. The van der Waals surface area contributed by atoms with Gasteiger partial charge < -0.3 is 19.9 Å². The molecule has 2 aromatic carbocycles. The van der Waals surface area contributed by atoms with E-state index < -0.39 is 0 Å². The van der Waals surface area contributed by atoms with E-state index in [-0.39, 0.29) is 16.9 Å². The summed E-state index contributed by atoms with van der Waals surface area (Å²) in [6.07, 6.45) is 1.50. The molecule has 2 aromatic rings. The van der Waals surface area contributed by atoms with E-state index in [1.54, 1.807) is 24.3 Å². The van der Waals surface area contributed by atoms with Crippen molar-refractivity contribution in [2.45, 2.75) is 26.7 Å². The van der Waals surface area contributed by atoms with Crippen LogP contribution in [0.15, 0.2) is 48.5 Å². The number of amides is 2. The van der Waals surface area contributed by atoms with Crippen molar-refractivity contribution in [2.75, 3.05) is 43.0 Å². The topological polar surface area (TPSA) is 73.9 Å². The van der Waals surface area contributed by atoms with Crippen molar-refractivity contribution in [1.82, 2.24) is 10.2 Å². The van der Waals surface area contributed by atoms with Gasteiger partial charge >= 0.3 is 0 Å². The highest BCUT2D eigenvalue weighted by Gasteiger charge is 2.20. The number of nitrogens with one attached hydrogen (secondary N) is 2. The number of rotatable bonds is 7. The fourth-order valence-electron chi connectivity index (χ4n) is 3.57. The molecular weight excluding hydrogens is 424 g/mol. The smallest absolute Gasteiger partial charge is 0.257 e. The van der Waals surface area contributed by atoms with Crippen molar-refractivity contribution in [3.05, 3.63) is 54.1 Å². The van der Waals surface area contributed by atoms with E-state index in [1.807, 2.05) is 43.0 Å². The second kappa shape index (κ2) is 11.5. The Bertz CT molecular complexity index is 941. The molecule has 8 heteroatoms. The van der Waals surface area contributed by atoms with Gasteiger partial charge in [-0.05, 0) is 68.0 Å². The molecule has 0 atom stereocenters. The summed E-state index contributed by atoms with van der Waals surface area (Å²) in [4.78, 5) is 28.7. The summed E-state index contributed by atoms with van der Waals surface area (Å²) in [6.45, 7) is 7.59. The maximum Gasteiger partial charge on any atom is 0.257 e. The van der Waals surface area contributed by atoms with E-state index in [1.165, 1.54) is 0 Å². The van der Waals surface area contributed by atoms with Crippen LogP contribution in [0.25, 0.3) is 0 Å². The first-order chi connectivity index (χ1) is 15.5. The number of anilines is 2. The number of carbonyl (C=O) groups excluding carboxylic acids is 2. The Labute approximate surface area is 194 Å². The van der Waals surface area contributed by atoms with Crippen LogP contribution in [-0.2, 0) is 4.79 Å². The number of hydrogen-bond acceptors (Lipinski definition) is 5. The zero-order chi connectivity index (χ0) is 22.9. The SMILES string of the molecule is CCCC(=O)N1CCN(c2ccc(NC(=S)NC(=O)c3cccc(OCC)c3)cc2)CC1. The molecular formula is C24H30N4O3S. The van der Waals surface area contributed by atoms with Gasteiger partial charge in [0.1, 0.15) is 5.75 Å². The van der Waals surface area contributed by atoms with E-state index in [2.05, 4.69) is 15.5 Å². The molecule has 0 spiro atoms. The Kier molecular flexibility index (Phi) is 8.44. The van der Waals surface area contributed by atoms with Crippen LogP contribution in [0.3, 0.4) is 0 Å². The zero-order valence-corrected chi connectivity index (χ0v) is 19.4. The van der Waals surface area contributed by atoms with Crippen molar-refractivity contribution in [2.24, 2.45) is 0 Å². The molecule has 1 aliphatic heterocycles. The van der Waals surface area contributed by atoms with Crippen molar-refractivity contribution in [1.29, 1.82) is 0 Å². The lowest BCUT2D eigenvalue weighted by atomic mass is 10.2. The predicted molar refractivity (Wildman–Crippen MR) is 131 cm³/mol. The highest BCUT2D eigenvalue weighted by molar-refractivity contribution is 7.80. The number of carbonyl (C=O) groups is 2. The molecule has 2 N–H and O–H groups in total. The van der Waals surface area contributed by atoms with Gasteiger partial charge in [0.15, 0.2) is 5.11 Å². The minimum Gasteiger partial charge on any atom is -0.494 e. The van der Waals surface area contributed by atoms with Gasteiger partial charge in [-0.25, -0.2) is 0 Å². The standard InChI is InChI=1S/C24H30N4O3S/c1-3-6-22(29)28-15-13-27(14-16-28)20-11-9-19(10-12-20)25-24(32)26-23(30)18-7-5-8-21(17-18)31-4-2/h5,7-12,17H,3-4,6,13-16H2,1-2H3,(H2,25,26,30,32). The first-order valence-corrected chi connectivity index (χ1v) is 11.4. The van der Waals surface area contributed by atoms with Crippen molar-refractivity contribution in [3.63, 3.8) is 0 Å². The molecule has 170 valence electrons. The molecule has 1 fully saturated rings. The number of hydrogen-bond donors (Lipinski definition) is 2. The number of thiocarbonyl (C=S) groups is 1. The number of benzene rings is 2. The summed E-state index contributed by atoms with van der Waals surface area (Å²) in [5.41, 5.74) is 2.37. The average molecular weight is 455 g/mol. The van der Waals surface area contributed by atoms with E-state index in [9.17, 15) is 9.59 Å². The van der Waals surface area contributed by atoms with Gasteiger partial charge in [0.25, 0.3) is 5.91 Å². The average Bonchev–Trinajstić information content (AvgIpc) is 2.80. The van der Waals surface area contributed by atoms with Crippen LogP contribution < -0.4 is 20.3 Å². The number of nitrogens with zero attached hydrogens (tertiary/aromatic N) is 2. The highest BCUT2D eigenvalue weighted by atomic mass is 32.1. The van der Waals surface area contributed by atoms with E-state index in [4.69, 9.17) is 17.0 Å². The molecule has 0 aromatic heterocycles. The normalized spacial score (nSPS) is 13.4. The molecule has 0 aliphatic carbocycles. The molecule has 7 nitrogen and oxygen atoms in total. The molecule has 0 bridgehead atoms. The van der Waals surface area contributed by atoms with E-state index >= 15 is 0 Å². The largest absolute Gasteiger partial charge is 0.494 e. The summed E-state index contributed by atoms with van der Waals surface area (Å²) >= 11 is 5.29. The van der Waals surface area contributed by atoms with Crippen LogP contribution in [0.4, 0.5) is 11.4 Å². The van der Waals surface area contributed by atoms with Gasteiger partial charge in [-0.3, -0.25) is 14.9 Å². The van der Waals surface area contributed by atoms with Gasteiger partial charge in [-0.15, -0.1) is 0 Å². The van der Waals surface area contributed by atoms with E-state index in [0.29, 0.717) is 24.3 Å². The van der Waals surface area contributed by atoms with Gasteiger partial charge in [0, 0.05) is 49.5 Å². The van der Waals surface area contributed by atoms with E-state index in [0.717, 1.165) is 44.0 Å². The summed E-state index contributed by atoms with van der Waals surface area (Å²) in [6, 6.07) is 14.9. The Morgan fingerprint density at radius 1 is 1.03 bits per heavy atom. The summed E-state index contributed by atoms with van der Waals surface area (Å²) in [7, 11) is 0. The third-order valence-electron chi connectivity index (χ3n) is 5.22. The van der Waals surface area contributed by atoms with Gasteiger partial charge in [0.2, 0.25) is 5.91 Å². The fraction of sp³-hybridized carbons (Fsp3) is 0.375. The van der Waals surface area contributed by atoms with Gasteiger partial charge in [-0.1, -0.05) is 13.0 Å². The third-order valence-corrected chi connectivity index (χ3v) is 5.42. The lowest BCUT2D eigenvalue weighted by Crippen LogP contribution is -2.48. The zero-order valence-electron chi connectivity index (χ0n) is 18.6. The minimum absolute atomic E-state index is 0.229. The highest BCUT2D eigenvalue weighted by Crippen LogP contribution is 2.20. The second-order valence-electron chi connectivity index (χ2n) is 7.53. The summed E-state index contributed by atoms with van der Waals surface area (Å²) < 4.78 is 5.44. The third kappa shape index (κ3) is 6.43. The van der Waals surface area contributed by atoms with Crippen LogP contribution in [0, 0.1) is 0 Å². The summed E-state index contributed by atoms with van der Waals surface area (Å²) in [5.74, 6) is 0.591.